The smallest absolute Gasteiger partial charge is 0.287 e. The van der Waals surface area contributed by atoms with E-state index in [0.29, 0.717) is 21.5 Å². The minimum Gasteiger partial charge on any atom is -0.493 e. The topological polar surface area (TPSA) is 85.7 Å². The summed E-state index contributed by atoms with van der Waals surface area (Å²) < 4.78 is 10.9. The quantitative estimate of drug-likeness (QED) is 0.563. The highest BCUT2D eigenvalue weighted by molar-refractivity contribution is 9.10. The van der Waals surface area contributed by atoms with Gasteiger partial charge >= 0.3 is 0 Å². The molecule has 0 atom stereocenters. The maximum atomic E-state index is 11.2. The Labute approximate surface area is 141 Å². The molecule has 0 saturated carbocycles. The fourth-order valence-corrected chi connectivity index (χ4v) is 2.66. The van der Waals surface area contributed by atoms with Gasteiger partial charge in [0.2, 0.25) is 0 Å². The number of halogens is 1. The highest BCUT2D eigenvalue weighted by Crippen LogP contribution is 2.42. The second-order valence-corrected chi connectivity index (χ2v) is 5.32. The van der Waals surface area contributed by atoms with Gasteiger partial charge in [-0.25, -0.2) is 5.43 Å². The fourth-order valence-electron chi connectivity index (χ4n) is 2.08. The Morgan fingerprint density at radius 1 is 1.22 bits per heavy atom. The van der Waals surface area contributed by atoms with E-state index in [1.165, 1.54) is 20.3 Å². The standard InChI is InChI=1S/C15H16BrN3O4/c1-22-13-8-12(19(20)21)14(16)11(15(13)23-2)9-17-18-10-6-4-3-5-7-10/h3-8,17-18H,9H2,1-2H3. The largest absolute Gasteiger partial charge is 0.493 e. The summed E-state index contributed by atoms with van der Waals surface area (Å²) in [5.41, 5.74) is 7.41. The molecule has 122 valence electrons. The predicted octanol–water partition coefficient (Wildman–Crippen LogP) is 3.49. The average molecular weight is 382 g/mol. The van der Waals surface area contributed by atoms with Crippen LogP contribution in [0, 0.1) is 10.1 Å². The van der Waals surface area contributed by atoms with E-state index in [4.69, 9.17) is 9.47 Å². The number of methoxy groups -OCH3 is 2. The molecule has 7 nitrogen and oxygen atoms in total. The van der Waals surface area contributed by atoms with Crippen molar-refractivity contribution in [1.29, 1.82) is 0 Å². The summed E-state index contributed by atoms with van der Waals surface area (Å²) in [6, 6.07) is 10.8. The Morgan fingerprint density at radius 3 is 2.48 bits per heavy atom. The van der Waals surface area contributed by atoms with Gasteiger partial charge in [-0.2, -0.15) is 0 Å². The highest BCUT2D eigenvalue weighted by atomic mass is 79.9. The lowest BCUT2D eigenvalue weighted by molar-refractivity contribution is -0.385. The van der Waals surface area contributed by atoms with E-state index in [1.807, 2.05) is 30.3 Å². The number of anilines is 1. The van der Waals surface area contributed by atoms with Crippen LogP contribution in [-0.4, -0.2) is 19.1 Å². The summed E-state index contributed by atoms with van der Waals surface area (Å²) in [5.74, 6) is 0.742. The van der Waals surface area contributed by atoms with Crippen LogP contribution < -0.4 is 20.3 Å². The molecule has 0 amide bonds. The number of benzene rings is 2. The van der Waals surface area contributed by atoms with Crippen LogP contribution in [-0.2, 0) is 6.54 Å². The van der Waals surface area contributed by atoms with Gasteiger partial charge < -0.3 is 14.9 Å². The lowest BCUT2D eigenvalue weighted by Crippen LogP contribution is -2.21. The first kappa shape index (κ1) is 17.0. The molecule has 0 heterocycles. The van der Waals surface area contributed by atoms with Crippen molar-refractivity contribution < 1.29 is 14.4 Å². The molecule has 0 aliphatic carbocycles. The molecule has 0 unspecified atom stereocenters. The van der Waals surface area contributed by atoms with Gasteiger partial charge in [0.25, 0.3) is 5.69 Å². The van der Waals surface area contributed by atoms with Gasteiger partial charge in [-0.05, 0) is 28.1 Å². The van der Waals surface area contributed by atoms with Crippen LogP contribution in [0.25, 0.3) is 0 Å². The molecule has 0 aliphatic rings. The zero-order chi connectivity index (χ0) is 16.8. The van der Waals surface area contributed by atoms with Gasteiger partial charge in [0.05, 0.1) is 25.2 Å². The highest BCUT2D eigenvalue weighted by Gasteiger charge is 2.24. The Bertz CT molecular complexity index is 695. The minimum absolute atomic E-state index is 0.0841. The molecule has 0 saturated heterocycles. The number of nitro groups is 1. The predicted molar refractivity (Wildman–Crippen MR) is 90.8 cm³/mol. The Kier molecular flexibility index (Phi) is 5.78. The number of ether oxygens (including phenoxy) is 2. The third-order valence-corrected chi connectivity index (χ3v) is 4.03. The van der Waals surface area contributed by atoms with Gasteiger partial charge in [0.1, 0.15) is 4.47 Å². The first-order valence-electron chi connectivity index (χ1n) is 6.70. The first-order chi connectivity index (χ1) is 11.1. The summed E-state index contributed by atoms with van der Waals surface area (Å²) >= 11 is 3.28. The summed E-state index contributed by atoms with van der Waals surface area (Å²) in [6.07, 6.45) is 0. The molecule has 0 fully saturated rings. The lowest BCUT2D eigenvalue weighted by atomic mass is 10.1. The summed E-state index contributed by atoms with van der Waals surface area (Å²) in [4.78, 5) is 10.7. The van der Waals surface area contributed by atoms with Crippen molar-refractivity contribution in [3.63, 3.8) is 0 Å². The van der Waals surface area contributed by atoms with E-state index in [9.17, 15) is 10.1 Å². The monoisotopic (exact) mass is 381 g/mol. The molecule has 0 aliphatic heterocycles. The van der Waals surface area contributed by atoms with E-state index in [0.717, 1.165) is 5.69 Å². The van der Waals surface area contributed by atoms with E-state index >= 15 is 0 Å². The SMILES string of the molecule is COc1cc([N+](=O)[O-])c(Br)c(CNNc2ccccc2)c1OC. The van der Waals surface area contributed by atoms with Gasteiger partial charge in [0.15, 0.2) is 11.5 Å². The molecule has 2 aromatic rings. The summed E-state index contributed by atoms with van der Waals surface area (Å²) in [5, 5.41) is 11.2. The minimum atomic E-state index is -0.472. The maximum Gasteiger partial charge on any atom is 0.287 e. The maximum absolute atomic E-state index is 11.2. The molecule has 8 heteroatoms. The third-order valence-electron chi connectivity index (χ3n) is 3.15. The van der Waals surface area contributed by atoms with E-state index in [2.05, 4.69) is 26.8 Å². The van der Waals surface area contributed by atoms with Gasteiger partial charge in [-0.1, -0.05) is 18.2 Å². The molecule has 0 spiro atoms. The number of hydrogen-bond acceptors (Lipinski definition) is 6. The van der Waals surface area contributed by atoms with Crippen LogP contribution in [0.2, 0.25) is 0 Å². The van der Waals surface area contributed by atoms with Crippen molar-refractivity contribution in [3.8, 4) is 11.5 Å². The molecule has 23 heavy (non-hydrogen) atoms. The lowest BCUT2D eigenvalue weighted by Gasteiger charge is -2.16. The molecule has 0 radical (unpaired) electrons. The van der Waals surface area contributed by atoms with Crippen LogP contribution in [0.1, 0.15) is 5.56 Å². The zero-order valence-corrected chi connectivity index (χ0v) is 14.2. The number of nitro benzene ring substituents is 1. The van der Waals surface area contributed by atoms with Crippen LogP contribution in [0.4, 0.5) is 11.4 Å². The van der Waals surface area contributed by atoms with Crippen LogP contribution in [0.15, 0.2) is 40.9 Å². The van der Waals surface area contributed by atoms with Gasteiger partial charge in [-0.15, -0.1) is 0 Å². The number of nitrogens with one attached hydrogen (secondary N) is 2. The number of hydrogen-bond donors (Lipinski definition) is 2. The van der Waals surface area contributed by atoms with Crippen LogP contribution in [0.5, 0.6) is 11.5 Å². The Morgan fingerprint density at radius 2 is 1.91 bits per heavy atom. The zero-order valence-electron chi connectivity index (χ0n) is 12.6. The second-order valence-electron chi connectivity index (χ2n) is 4.53. The summed E-state index contributed by atoms with van der Waals surface area (Å²) in [6.45, 7) is 0.288. The number of para-hydroxylation sites is 1. The van der Waals surface area contributed by atoms with E-state index < -0.39 is 4.92 Å². The second kappa shape index (κ2) is 7.80. The van der Waals surface area contributed by atoms with Crippen LogP contribution in [0.3, 0.4) is 0 Å². The van der Waals surface area contributed by atoms with Crippen molar-refractivity contribution in [2.24, 2.45) is 0 Å². The number of hydrazine groups is 1. The van der Waals surface area contributed by atoms with Crippen molar-refractivity contribution >= 4 is 27.3 Å². The summed E-state index contributed by atoms with van der Waals surface area (Å²) in [7, 11) is 2.93. The van der Waals surface area contributed by atoms with Crippen molar-refractivity contribution in [2.75, 3.05) is 19.6 Å². The number of nitrogens with zero attached hydrogens (tertiary/aromatic N) is 1. The van der Waals surface area contributed by atoms with Crippen molar-refractivity contribution in [3.05, 3.63) is 56.5 Å². The van der Waals surface area contributed by atoms with Crippen LogP contribution >= 0.6 is 15.9 Å². The van der Waals surface area contributed by atoms with E-state index in [1.54, 1.807) is 0 Å². The molecule has 0 bridgehead atoms. The third kappa shape index (κ3) is 3.91. The molecule has 2 aromatic carbocycles. The number of rotatable bonds is 7. The normalized spacial score (nSPS) is 10.2. The Hall–Kier alpha value is -2.32. The molecule has 2 rings (SSSR count). The molecular weight excluding hydrogens is 366 g/mol. The first-order valence-corrected chi connectivity index (χ1v) is 7.49. The van der Waals surface area contributed by atoms with Gasteiger partial charge in [-0.3, -0.25) is 10.1 Å². The van der Waals surface area contributed by atoms with Crippen molar-refractivity contribution in [1.82, 2.24) is 5.43 Å². The van der Waals surface area contributed by atoms with Crippen molar-refractivity contribution in [2.45, 2.75) is 6.54 Å². The molecular formula is C15H16BrN3O4. The molecule has 2 N–H and O–H groups in total. The van der Waals surface area contributed by atoms with Gasteiger partial charge in [0, 0.05) is 17.8 Å². The van der Waals surface area contributed by atoms with E-state index in [-0.39, 0.29) is 12.2 Å². The fraction of sp³-hybridized carbons (Fsp3) is 0.200. The molecule has 0 aromatic heterocycles. The Balaban J connectivity index is 2.28. The average Bonchev–Trinajstić information content (AvgIpc) is 2.56.